The molecular formula is C13H15ClN2O3S. The number of benzene rings is 1. The minimum absolute atomic E-state index is 0.0514. The minimum Gasteiger partial charge on any atom is -0.393 e. The summed E-state index contributed by atoms with van der Waals surface area (Å²) >= 11 is 5.95. The molecule has 5 nitrogen and oxygen atoms in total. The molecule has 2 atom stereocenters. The predicted octanol–water partition coefficient (Wildman–Crippen LogP) is 1.60. The Balaban J connectivity index is 2.35. The van der Waals surface area contributed by atoms with E-state index in [-0.39, 0.29) is 27.9 Å². The van der Waals surface area contributed by atoms with Gasteiger partial charge in [-0.1, -0.05) is 11.6 Å². The van der Waals surface area contributed by atoms with Crippen molar-refractivity contribution < 1.29 is 13.5 Å². The van der Waals surface area contributed by atoms with Gasteiger partial charge in [0.25, 0.3) is 0 Å². The molecule has 0 amide bonds. The number of aliphatic hydroxyl groups is 1. The molecule has 20 heavy (non-hydrogen) atoms. The van der Waals surface area contributed by atoms with Crippen molar-refractivity contribution in [1.29, 1.82) is 5.26 Å². The topological polar surface area (TPSA) is 81.4 Å². The van der Waals surface area contributed by atoms with Crippen molar-refractivity contribution in [2.75, 3.05) is 13.1 Å². The molecule has 7 heteroatoms. The van der Waals surface area contributed by atoms with Crippen LogP contribution >= 0.6 is 11.6 Å². The maximum atomic E-state index is 12.5. The van der Waals surface area contributed by atoms with E-state index in [1.165, 1.54) is 22.5 Å². The van der Waals surface area contributed by atoms with Gasteiger partial charge in [-0.05, 0) is 37.5 Å². The van der Waals surface area contributed by atoms with Crippen molar-refractivity contribution in [3.63, 3.8) is 0 Å². The zero-order valence-electron chi connectivity index (χ0n) is 11.0. The summed E-state index contributed by atoms with van der Waals surface area (Å²) in [5, 5.41) is 18.5. The van der Waals surface area contributed by atoms with Crippen LogP contribution in [0, 0.1) is 17.2 Å². The Morgan fingerprint density at radius 2 is 2.25 bits per heavy atom. The van der Waals surface area contributed by atoms with Crippen molar-refractivity contribution in [2.24, 2.45) is 5.92 Å². The highest BCUT2D eigenvalue weighted by molar-refractivity contribution is 7.89. The molecular weight excluding hydrogens is 300 g/mol. The van der Waals surface area contributed by atoms with Crippen LogP contribution in [0.15, 0.2) is 23.1 Å². The van der Waals surface area contributed by atoms with Crippen LogP contribution in [0.5, 0.6) is 0 Å². The van der Waals surface area contributed by atoms with Crippen molar-refractivity contribution in [2.45, 2.75) is 24.3 Å². The Labute approximate surface area is 123 Å². The molecule has 1 heterocycles. The molecule has 1 N–H and O–H groups in total. The average molecular weight is 315 g/mol. The third-order valence-electron chi connectivity index (χ3n) is 3.55. The van der Waals surface area contributed by atoms with E-state index in [1.54, 1.807) is 6.92 Å². The van der Waals surface area contributed by atoms with Crippen LogP contribution < -0.4 is 0 Å². The van der Waals surface area contributed by atoms with Crippen LogP contribution in [0.4, 0.5) is 0 Å². The van der Waals surface area contributed by atoms with E-state index in [4.69, 9.17) is 16.9 Å². The Morgan fingerprint density at radius 1 is 1.55 bits per heavy atom. The van der Waals surface area contributed by atoms with E-state index >= 15 is 0 Å². The first-order valence-electron chi connectivity index (χ1n) is 6.24. The average Bonchev–Trinajstić information content (AvgIpc) is 2.89. The fraction of sp³-hybridized carbons (Fsp3) is 0.462. The van der Waals surface area contributed by atoms with Gasteiger partial charge in [-0.25, -0.2) is 8.42 Å². The largest absolute Gasteiger partial charge is 0.393 e. The van der Waals surface area contributed by atoms with Crippen LogP contribution in [0.1, 0.15) is 18.9 Å². The first kappa shape index (κ1) is 15.3. The lowest BCUT2D eigenvalue weighted by molar-refractivity contribution is 0.133. The van der Waals surface area contributed by atoms with Gasteiger partial charge in [0.05, 0.1) is 22.8 Å². The summed E-state index contributed by atoms with van der Waals surface area (Å²) in [6, 6.07) is 6.08. The summed E-state index contributed by atoms with van der Waals surface area (Å²) in [5.74, 6) is -0.0669. The van der Waals surface area contributed by atoms with Gasteiger partial charge in [0, 0.05) is 13.1 Å². The number of nitriles is 1. The minimum atomic E-state index is -3.73. The van der Waals surface area contributed by atoms with Crippen molar-refractivity contribution in [3.8, 4) is 6.07 Å². The standard InChI is InChI=1S/C13H15ClN2O3S/c1-9(17)11-4-5-16(8-11)20(18,19)13-6-10(7-15)2-3-12(13)14/h2-3,6,9,11,17H,4-5,8H2,1H3. The van der Waals surface area contributed by atoms with Gasteiger partial charge in [0.15, 0.2) is 0 Å². The predicted molar refractivity (Wildman–Crippen MR) is 74.7 cm³/mol. The molecule has 1 aromatic rings. The van der Waals surface area contributed by atoms with E-state index in [0.29, 0.717) is 13.0 Å². The molecule has 0 spiro atoms. The van der Waals surface area contributed by atoms with E-state index in [9.17, 15) is 13.5 Å². The van der Waals surface area contributed by atoms with E-state index in [2.05, 4.69) is 0 Å². The third kappa shape index (κ3) is 2.81. The van der Waals surface area contributed by atoms with Gasteiger partial charge < -0.3 is 5.11 Å². The number of sulfonamides is 1. The summed E-state index contributed by atoms with van der Waals surface area (Å²) in [6.07, 6.45) is 0.0723. The third-order valence-corrected chi connectivity index (χ3v) is 5.89. The van der Waals surface area contributed by atoms with E-state index in [1.807, 2.05) is 6.07 Å². The molecule has 108 valence electrons. The lowest BCUT2D eigenvalue weighted by Crippen LogP contribution is -2.30. The first-order valence-corrected chi connectivity index (χ1v) is 8.06. The number of nitrogens with zero attached hydrogens (tertiary/aromatic N) is 2. The second-order valence-corrected chi connectivity index (χ2v) is 7.22. The lowest BCUT2D eigenvalue weighted by atomic mass is 10.0. The zero-order chi connectivity index (χ0) is 14.9. The Morgan fingerprint density at radius 3 is 2.80 bits per heavy atom. The summed E-state index contributed by atoms with van der Waals surface area (Å²) in [4.78, 5) is -0.0514. The van der Waals surface area contributed by atoms with Crippen molar-refractivity contribution >= 4 is 21.6 Å². The van der Waals surface area contributed by atoms with E-state index < -0.39 is 16.1 Å². The Bertz CT molecular complexity index is 652. The van der Waals surface area contributed by atoms with Crippen LogP contribution in [0.2, 0.25) is 5.02 Å². The number of aliphatic hydroxyl groups excluding tert-OH is 1. The molecule has 1 aliphatic rings. The number of hydrogen-bond donors (Lipinski definition) is 1. The fourth-order valence-corrected chi connectivity index (χ4v) is 4.29. The van der Waals surface area contributed by atoms with Gasteiger partial charge in [0.1, 0.15) is 4.90 Å². The van der Waals surface area contributed by atoms with Gasteiger partial charge in [-0.15, -0.1) is 0 Å². The molecule has 0 saturated carbocycles. The van der Waals surface area contributed by atoms with Gasteiger partial charge in [-0.3, -0.25) is 0 Å². The highest BCUT2D eigenvalue weighted by Crippen LogP contribution is 2.30. The molecule has 1 aliphatic heterocycles. The van der Waals surface area contributed by atoms with Crippen molar-refractivity contribution in [3.05, 3.63) is 28.8 Å². The summed E-state index contributed by atoms with van der Waals surface area (Å²) in [6.45, 7) is 2.28. The summed E-state index contributed by atoms with van der Waals surface area (Å²) in [5.41, 5.74) is 0.249. The Hall–Kier alpha value is -1.13. The van der Waals surface area contributed by atoms with Gasteiger partial charge >= 0.3 is 0 Å². The van der Waals surface area contributed by atoms with Gasteiger partial charge in [-0.2, -0.15) is 9.57 Å². The maximum Gasteiger partial charge on any atom is 0.244 e. The number of rotatable bonds is 3. The van der Waals surface area contributed by atoms with Crippen molar-refractivity contribution in [1.82, 2.24) is 4.31 Å². The maximum absolute atomic E-state index is 12.5. The Kier molecular flexibility index (Phi) is 4.35. The molecule has 0 aliphatic carbocycles. The van der Waals surface area contributed by atoms with Crippen LogP contribution in [0.3, 0.4) is 0 Å². The molecule has 2 unspecified atom stereocenters. The second-order valence-electron chi connectivity index (χ2n) is 4.91. The normalized spacial score (nSPS) is 21.6. The second kappa shape index (κ2) is 5.70. The summed E-state index contributed by atoms with van der Waals surface area (Å²) in [7, 11) is -3.73. The number of halogens is 1. The number of hydrogen-bond acceptors (Lipinski definition) is 4. The molecule has 0 radical (unpaired) electrons. The van der Waals surface area contributed by atoms with Gasteiger partial charge in [0.2, 0.25) is 10.0 Å². The highest BCUT2D eigenvalue weighted by Gasteiger charge is 2.35. The molecule has 2 rings (SSSR count). The quantitative estimate of drug-likeness (QED) is 0.919. The first-order chi connectivity index (χ1) is 9.36. The monoisotopic (exact) mass is 314 g/mol. The molecule has 1 fully saturated rings. The molecule has 0 bridgehead atoms. The van der Waals surface area contributed by atoms with Crippen LogP contribution in [0.25, 0.3) is 0 Å². The fourth-order valence-electron chi connectivity index (χ4n) is 2.28. The highest BCUT2D eigenvalue weighted by atomic mass is 35.5. The SMILES string of the molecule is CC(O)C1CCN(S(=O)(=O)c2cc(C#N)ccc2Cl)C1. The summed E-state index contributed by atoms with van der Waals surface area (Å²) < 4.78 is 26.4. The van der Waals surface area contributed by atoms with Crippen LogP contribution in [-0.4, -0.2) is 37.0 Å². The molecule has 1 aromatic carbocycles. The molecule has 1 saturated heterocycles. The van der Waals surface area contributed by atoms with E-state index in [0.717, 1.165) is 0 Å². The lowest BCUT2D eigenvalue weighted by Gasteiger charge is -2.18. The van der Waals surface area contributed by atoms with Crippen LogP contribution in [-0.2, 0) is 10.0 Å². The zero-order valence-corrected chi connectivity index (χ0v) is 12.5. The molecule has 0 aromatic heterocycles. The smallest absolute Gasteiger partial charge is 0.244 e.